The maximum atomic E-state index is 12.1. The van der Waals surface area contributed by atoms with Crippen molar-refractivity contribution >= 4 is 32.4 Å². The number of hydrogen-bond donors (Lipinski definition) is 2. The fourth-order valence-electron chi connectivity index (χ4n) is 2.73. The molecule has 0 saturated carbocycles. The lowest BCUT2D eigenvalue weighted by Gasteiger charge is -2.34. The van der Waals surface area contributed by atoms with Gasteiger partial charge < -0.3 is 10.2 Å². The lowest BCUT2D eigenvalue weighted by molar-refractivity contribution is -0.122. The number of primary sulfonamides is 1. The number of aromatic nitrogens is 1. The average molecular weight is 396 g/mol. The Balaban J connectivity index is 1.42. The summed E-state index contributed by atoms with van der Waals surface area (Å²) in [4.78, 5) is 20.8. The Kier molecular flexibility index (Phi) is 5.87. The van der Waals surface area contributed by atoms with Crippen LogP contribution in [0.15, 0.2) is 40.7 Å². The summed E-state index contributed by atoms with van der Waals surface area (Å²) in [5, 5.41) is 10.9. The van der Waals surface area contributed by atoms with Gasteiger partial charge in [0.2, 0.25) is 15.9 Å². The second-order valence-corrected chi connectivity index (χ2v) is 8.48. The molecule has 0 atom stereocenters. The van der Waals surface area contributed by atoms with E-state index in [-0.39, 0.29) is 10.8 Å². The van der Waals surface area contributed by atoms with Gasteiger partial charge in [-0.1, -0.05) is 12.1 Å². The van der Waals surface area contributed by atoms with E-state index < -0.39 is 10.0 Å². The first-order valence-electron chi connectivity index (χ1n) is 8.17. The molecule has 1 aromatic heterocycles. The third kappa shape index (κ3) is 5.01. The lowest BCUT2D eigenvalue weighted by atomic mass is 10.2. The number of sulfonamides is 1. The predicted molar refractivity (Wildman–Crippen MR) is 100 cm³/mol. The number of amides is 1. The number of carbonyl (C=O) groups is 1. The molecule has 1 amide bonds. The third-order valence-electron chi connectivity index (χ3n) is 4.17. The van der Waals surface area contributed by atoms with Crippen LogP contribution in [-0.4, -0.2) is 56.9 Å². The zero-order valence-corrected chi connectivity index (χ0v) is 15.8. The number of hydrogen-bond acceptors (Lipinski definition) is 7. The van der Waals surface area contributed by atoms with Crippen LogP contribution in [0.3, 0.4) is 0 Å². The lowest BCUT2D eigenvalue weighted by Crippen LogP contribution is -2.49. The molecule has 1 saturated heterocycles. The normalized spacial score (nSPS) is 15.8. The number of anilines is 1. The summed E-state index contributed by atoms with van der Waals surface area (Å²) < 4.78 is 22.5. The molecule has 2 heterocycles. The van der Waals surface area contributed by atoms with Crippen LogP contribution in [0, 0.1) is 0 Å². The van der Waals surface area contributed by atoms with Gasteiger partial charge in [-0.3, -0.25) is 9.69 Å². The fourth-order valence-corrected chi connectivity index (χ4v) is 3.94. The molecule has 0 unspecified atom stereocenters. The molecule has 0 spiro atoms. The van der Waals surface area contributed by atoms with Gasteiger partial charge in [0.25, 0.3) is 0 Å². The zero-order chi connectivity index (χ0) is 18.6. The molecule has 1 aliphatic heterocycles. The second-order valence-electron chi connectivity index (χ2n) is 6.04. The van der Waals surface area contributed by atoms with Gasteiger partial charge >= 0.3 is 0 Å². The maximum absolute atomic E-state index is 12.1. The van der Waals surface area contributed by atoms with Crippen molar-refractivity contribution in [2.24, 2.45) is 5.14 Å². The Labute approximate surface area is 156 Å². The van der Waals surface area contributed by atoms with Crippen LogP contribution in [0.25, 0.3) is 0 Å². The van der Waals surface area contributed by atoms with E-state index in [9.17, 15) is 13.2 Å². The van der Waals surface area contributed by atoms with E-state index in [0.29, 0.717) is 13.1 Å². The minimum absolute atomic E-state index is 0.0526. The van der Waals surface area contributed by atoms with Crippen LogP contribution in [0.2, 0.25) is 0 Å². The van der Waals surface area contributed by atoms with E-state index in [2.05, 4.69) is 20.1 Å². The van der Waals surface area contributed by atoms with Gasteiger partial charge in [0, 0.05) is 44.3 Å². The van der Waals surface area contributed by atoms with Gasteiger partial charge in [0.15, 0.2) is 5.13 Å². The fraction of sp³-hybridized carbons (Fsp3) is 0.375. The first kappa shape index (κ1) is 18.8. The van der Waals surface area contributed by atoms with Gasteiger partial charge in [-0.25, -0.2) is 18.5 Å². The Morgan fingerprint density at radius 3 is 2.46 bits per heavy atom. The van der Waals surface area contributed by atoms with Gasteiger partial charge in [-0.15, -0.1) is 11.3 Å². The van der Waals surface area contributed by atoms with Crippen molar-refractivity contribution in [1.82, 2.24) is 15.2 Å². The monoisotopic (exact) mass is 395 g/mol. The van der Waals surface area contributed by atoms with Gasteiger partial charge in [-0.2, -0.15) is 0 Å². The molecule has 0 bridgehead atoms. The van der Waals surface area contributed by atoms with Crippen LogP contribution in [-0.2, 0) is 21.4 Å². The summed E-state index contributed by atoms with van der Waals surface area (Å²) in [6, 6.07) is 6.17. The van der Waals surface area contributed by atoms with E-state index in [1.807, 2.05) is 5.38 Å². The van der Waals surface area contributed by atoms with E-state index in [0.717, 1.165) is 36.9 Å². The highest BCUT2D eigenvalue weighted by atomic mass is 32.2. The first-order valence-corrected chi connectivity index (χ1v) is 10.6. The van der Waals surface area contributed by atoms with Crippen LogP contribution < -0.4 is 15.4 Å². The molecule has 3 N–H and O–H groups in total. The summed E-state index contributed by atoms with van der Waals surface area (Å²) in [5.41, 5.74) is 0.819. The molecule has 10 heteroatoms. The van der Waals surface area contributed by atoms with Crippen molar-refractivity contribution < 1.29 is 13.2 Å². The standard InChI is InChI=1S/C16H21N5O3S2/c17-26(23,24)14-3-1-13(2-4-14)11-19-15(22)12-20-6-8-21(9-7-20)16-18-5-10-25-16/h1-5,10H,6-9,11-12H2,(H,19,22)(H2,17,23,24). The SMILES string of the molecule is NS(=O)(=O)c1ccc(CNC(=O)CN2CCN(c3nccs3)CC2)cc1. The number of carbonyl (C=O) groups excluding carboxylic acids is 1. The minimum atomic E-state index is -3.69. The Morgan fingerprint density at radius 1 is 1.19 bits per heavy atom. The Morgan fingerprint density at radius 2 is 1.88 bits per heavy atom. The van der Waals surface area contributed by atoms with Crippen LogP contribution >= 0.6 is 11.3 Å². The maximum Gasteiger partial charge on any atom is 0.238 e. The highest BCUT2D eigenvalue weighted by Crippen LogP contribution is 2.18. The summed E-state index contributed by atoms with van der Waals surface area (Å²) >= 11 is 1.62. The molecule has 1 aromatic carbocycles. The van der Waals surface area contributed by atoms with Crippen molar-refractivity contribution in [2.45, 2.75) is 11.4 Å². The molecule has 0 aliphatic carbocycles. The molecule has 26 heavy (non-hydrogen) atoms. The average Bonchev–Trinajstić information content (AvgIpc) is 3.15. The highest BCUT2D eigenvalue weighted by molar-refractivity contribution is 7.89. The van der Waals surface area contributed by atoms with Crippen molar-refractivity contribution in [1.29, 1.82) is 0 Å². The predicted octanol–water partition coefficient (Wildman–Crippen LogP) is 0.229. The summed E-state index contributed by atoms with van der Waals surface area (Å²) in [6.45, 7) is 4.04. The summed E-state index contributed by atoms with van der Waals surface area (Å²) in [5.74, 6) is -0.0526. The molecule has 1 aliphatic rings. The molecule has 140 valence electrons. The highest BCUT2D eigenvalue weighted by Gasteiger charge is 2.20. The van der Waals surface area contributed by atoms with Crippen molar-refractivity contribution in [3.8, 4) is 0 Å². The van der Waals surface area contributed by atoms with Crippen LogP contribution in [0.4, 0.5) is 5.13 Å². The Bertz CT molecular complexity index is 829. The number of nitrogens with two attached hydrogens (primary N) is 1. The molecular weight excluding hydrogens is 374 g/mol. The van der Waals surface area contributed by atoms with Crippen LogP contribution in [0.5, 0.6) is 0 Å². The van der Waals surface area contributed by atoms with Gasteiger partial charge in [0.05, 0.1) is 11.4 Å². The number of nitrogens with zero attached hydrogens (tertiary/aromatic N) is 3. The third-order valence-corrected chi connectivity index (χ3v) is 5.93. The number of piperazine rings is 1. The largest absolute Gasteiger partial charge is 0.351 e. The van der Waals surface area contributed by atoms with E-state index >= 15 is 0 Å². The number of benzene rings is 1. The molecule has 0 radical (unpaired) electrons. The van der Waals surface area contributed by atoms with Crippen molar-refractivity contribution in [3.05, 3.63) is 41.4 Å². The molecule has 3 rings (SSSR count). The van der Waals surface area contributed by atoms with E-state index in [4.69, 9.17) is 5.14 Å². The molecule has 2 aromatic rings. The topological polar surface area (TPSA) is 109 Å². The smallest absolute Gasteiger partial charge is 0.238 e. The van der Waals surface area contributed by atoms with Crippen molar-refractivity contribution in [2.75, 3.05) is 37.6 Å². The summed E-state index contributed by atoms with van der Waals surface area (Å²) in [7, 11) is -3.69. The number of nitrogens with one attached hydrogen (secondary N) is 1. The van der Waals surface area contributed by atoms with E-state index in [1.54, 1.807) is 29.7 Å². The molecule has 8 nitrogen and oxygen atoms in total. The van der Waals surface area contributed by atoms with Gasteiger partial charge in [0.1, 0.15) is 0 Å². The number of thiazole rings is 1. The number of rotatable bonds is 6. The van der Waals surface area contributed by atoms with Gasteiger partial charge in [-0.05, 0) is 17.7 Å². The minimum Gasteiger partial charge on any atom is -0.351 e. The van der Waals surface area contributed by atoms with Crippen molar-refractivity contribution in [3.63, 3.8) is 0 Å². The summed E-state index contributed by atoms with van der Waals surface area (Å²) in [6.07, 6.45) is 1.80. The Hall–Kier alpha value is -2.01. The zero-order valence-electron chi connectivity index (χ0n) is 14.2. The first-order chi connectivity index (χ1) is 12.4. The second kappa shape index (κ2) is 8.12. The van der Waals surface area contributed by atoms with Crippen LogP contribution in [0.1, 0.15) is 5.56 Å². The molecule has 1 fully saturated rings. The quantitative estimate of drug-likeness (QED) is 0.725. The molecular formula is C16H21N5O3S2. The van der Waals surface area contributed by atoms with E-state index in [1.165, 1.54) is 12.1 Å².